The molecule has 0 aliphatic heterocycles. The molecule has 0 saturated heterocycles. The minimum Gasteiger partial charge on any atom is -0.504 e. The van der Waals surface area contributed by atoms with Gasteiger partial charge < -0.3 is 19.1 Å². The molecule has 4 aromatic rings. The van der Waals surface area contributed by atoms with Crippen molar-refractivity contribution in [1.82, 2.24) is 14.5 Å². The van der Waals surface area contributed by atoms with Gasteiger partial charge in [-0.25, -0.2) is 9.97 Å². The third kappa shape index (κ3) is 2.94. The monoisotopic (exact) mass is 377 g/mol. The van der Waals surface area contributed by atoms with Crippen molar-refractivity contribution in [2.45, 2.75) is 0 Å². The maximum atomic E-state index is 9.87. The van der Waals surface area contributed by atoms with Crippen molar-refractivity contribution in [3.8, 4) is 17.2 Å². The van der Waals surface area contributed by atoms with E-state index in [9.17, 15) is 5.11 Å². The topological polar surface area (TPSA) is 93.8 Å². The summed E-state index contributed by atoms with van der Waals surface area (Å²) in [6, 6.07) is 10.9. The second-order valence-corrected chi connectivity index (χ2v) is 6.16. The SMILES string of the molecule is COc1ccc2c3ncnc(NN=Cc4ccc(OC)c(O)c4)c3n(C)c2c1. The van der Waals surface area contributed by atoms with E-state index in [1.54, 1.807) is 31.5 Å². The summed E-state index contributed by atoms with van der Waals surface area (Å²) in [5, 5.41) is 15.1. The van der Waals surface area contributed by atoms with Crippen LogP contribution in [-0.4, -0.2) is 40.1 Å². The lowest BCUT2D eigenvalue weighted by atomic mass is 10.2. The first-order valence-corrected chi connectivity index (χ1v) is 8.55. The number of anilines is 1. The van der Waals surface area contributed by atoms with Gasteiger partial charge in [0.05, 0.1) is 26.0 Å². The van der Waals surface area contributed by atoms with Gasteiger partial charge in [-0.15, -0.1) is 0 Å². The Morgan fingerprint density at radius 1 is 1.11 bits per heavy atom. The Balaban J connectivity index is 1.70. The molecule has 2 aromatic heterocycles. The summed E-state index contributed by atoms with van der Waals surface area (Å²) in [5.74, 6) is 1.82. The minimum absolute atomic E-state index is 0.0542. The molecule has 0 aliphatic rings. The molecule has 142 valence electrons. The molecule has 8 heteroatoms. The molecule has 0 amide bonds. The van der Waals surface area contributed by atoms with Gasteiger partial charge in [0.25, 0.3) is 0 Å². The van der Waals surface area contributed by atoms with E-state index in [0.29, 0.717) is 11.6 Å². The molecular weight excluding hydrogens is 358 g/mol. The lowest BCUT2D eigenvalue weighted by molar-refractivity contribution is 0.373. The fourth-order valence-electron chi connectivity index (χ4n) is 3.17. The van der Waals surface area contributed by atoms with E-state index in [4.69, 9.17) is 9.47 Å². The highest BCUT2D eigenvalue weighted by molar-refractivity contribution is 6.09. The first kappa shape index (κ1) is 17.6. The lowest BCUT2D eigenvalue weighted by Crippen LogP contribution is -1.98. The van der Waals surface area contributed by atoms with Crippen LogP contribution in [0.5, 0.6) is 17.2 Å². The minimum atomic E-state index is 0.0542. The Morgan fingerprint density at radius 3 is 2.71 bits per heavy atom. The van der Waals surface area contributed by atoms with Gasteiger partial charge in [0.2, 0.25) is 0 Å². The van der Waals surface area contributed by atoms with Gasteiger partial charge in [0.1, 0.15) is 23.1 Å². The average Bonchev–Trinajstić information content (AvgIpc) is 3.01. The van der Waals surface area contributed by atoms with Crippen LogP contribution in [-0.2, 0) is 7.05 Å². The van der Waals surface area contributed by atoms with Gasteiger partial charge in [-0.2, -0.15) is 5.10 Å². The number of nitrogens with one attached hydrogen (secondary N) is 1. The van der Waals surface area contributed by atoms with Crippen LogP contribution in [0, 0.1) is 0 Å². The van der Waals surface area contributed by atoms with E-state index in [2.05, 4.69) is 20.5 Å². The van der Waals surface area contributed by atoms with E-state index in [1.807, 2.05) is 29.8 Å². The third-order valence-corrected chi connectivity index (χ3v) is 4.57. The molecule has 0 aliphatic carbocycles. The van der Waals surface area contributed by atoms with Crippen LogP contribution < -0.4 is 14.9 Å². The van der Waals surface area contributed by atoms with Gasteiger partial charge >= 0.3 is 0 Å². The second kappa shape index (κ2) is 7.07. The van der Waals surface area contributed by atoms with Crippen LogP contribution in [0.1, 0.15) is 5.56 Å². The number of ether oxygens (including phenoxy) is 2. The molecule has 2 N–H and O–H groups in total. The number of benzene rings is 2. The van der Waals surface area contributed by atoms with Crippen LogP contribution in [0.3, 0.4) is 0 Å². The molecule has 4 rings (SSSR count). The third-order valence-electron chi connectivity index (χ3n) is 4.57. The van der Waals surface area contributed by atoms with Gasteiger partial charge in [0, 0.05) is 18.5 Å². The molecule has 0 radical (unpaired) electrons. The molecule has 0 fully saturated rings. The molecule has 2 aromatic carbocycles. The normalized spacial score (nSPS) is 11.4. The number of hydrogen-bond acceptors (Lipinski definition) is 7. The van der Waals surface area contributed by atoms with E-state index in [1.165, 1.54) is 13.4 Å². The molecule has 0 spiro atoms. The number of phenolic OH excluding ortho intramolecular Hbond substituents is 1. The molecular formula is C20H19N5O3. The maximum absolute atomic E-state index is 9.87. The standard InChI is InChI=1S/C20H19N5O3/c1-25-15-9-13(27-2)5-6-14(15)18-19(25)20(22-11-21-18)24-23-10-12-4-7-17(28-3)16(26)8-12/h4-11,26H,1-3H3,(H,21,22,24). The molecule has 28 heavy (non-hydrogen) atoms. The number of nitrogens with zero attached hydrogens (tertiary/aromatic N) is 4. The summed E-state index contributed by atoms with van der Waals surface area (Å²) in [7, 11) is 5.09. The highest BCUT2D eigenvalue weighted by Gasteiger charge is 2.14. The molecule has 8 nitrogen and oxygen atoms in total. The van der Waals surface area contributed by atoms with Crippen molar-refractivity contribution < 1.29 is 14.6 Å². The highest BCUT2D eigenvalue weighted by Crippen LogP contribution is 2.32. The van der Waals surface area contributed by atoms with E-state index < -0.39 is 0 Å². The summed E-state index contributed by atoms with van der Waals surface area (Å²) in [4.78, 5) is 8.76. The maximum Gasteiger partial charge on any atom is 0.174 e. The largest absolute Gasteiger partial charge is 0.504 e. The summed E-state index contributed by atoms with van der Waals surface area (Å²) >= 11 is 0. The van der Waals surface area contributed by atoms with Crippen molar-refractivity contribution in [2.75, 3.05) is 19.6 Å². The number of aromatic nitrogens is 3. The molecule has 2 heterocycles. The number of hydrazone groups is 1. The van der Waals surface area contributed by atoms with Crippen molar-refractivity contribution >= 4 is 34.0 Å². The summed E-state index contributed by atoms with van der Waals surface area (Å²) in [6.07, 6.45) is 3.10. The van der Waals surface area contributed by atoms with Crippen LogP contribution in [0.25, 0.3) is 21.9 Å². The number of aromatic hydroxyl groups is 1. The Labute approximate surface area is 161 Å². The average molecular weight is 377 g/mol. The first-order valence-electron chi connectivity index (χ1n) is 8.55. The zero-order valence-corrected chi connectivity index (χ0v) is 15.7. The zero-order chi connectivity index (χ0) is 19.7. The van der Waals surface area contributed by atoms with Gasteiger partial charge in [-0.05, 0) is 35.9 Å². The Bertz CT molecular complexity index is 1200. The van der Waals surface area contributed by atoms with Gasteiger partial charge in [-0.1, -0.05) is 0 Å². The number of aryl methyl sites for hydroxylation is 1. The van der Waals surface area contributed by atoms with Crippen LogP contribution in [0.4, 0.5) is 5.82 Å². The van der Waals surface area contributed by atoms with Crippen molar-refractivity contribution in [1.29, 1.82) is 0 Å². The predicted octanol–water partition coefficient (Wildman–Crippen LogP) is 3.29. The number of phenols is 1. The molecule has 0 atom stereocenters. The zero-order valence-electron chi connectivity index (χ0n) is 15.7. The van der Waals surface area contributed by atoms with E-state index in [0.717, 1.165) is 33.2 Å². The van der Waals surface area contributed by atoms with Gasteiger partial charge in [0.15, 0.2) is 17.3 Å². The van der Waals surface area contributed by atoms with E-state index in [-0.39, 0.29) is 5.75 Å². The summed E-state index contributed by atoms with van der Waals surface area (Å²) < 4.78 is 12.4. The predicted molar refractivity (Wildman–Crippen MR) is 108 cm³/mol. The van der Waals surface area contributed by atoms with Crippen molar-refractivity contribution in [3.05, 3.63) is 48.3 Å². The Hall–Kier alpha value is -3.81. The fourth-order valence-corrected chi connectivity index (χ4v) is 3.17. The molecule has 0 bridgehead atoms. The van der Waals surface area contributed by atoms with Crippen molar-refractivity contribution in [3.63, 3.8) is 0 Å². The smallest absolute Gasteiger partial charge is 0.174 e. The Morgan fingerprint density at radius 2 is 1.96 bits per heavy atom. The number of methoxy groups -OCH3 is 2. The first-order chi connectivity index (χ1) is 13.6. The quantitative estimate of drug-likeness (QED) is 0.409. The summed E-state index contributed by atoms with van der Waals surface area (Å²) in [5.41, 5.74) is 6.34. The highest BCUT2D eigenvalue weighted by atomic mass is 16.5. The van der Waals surface area contributed by atoms with Crippen LogP contribution in [0.2, 0.25) is 0 Å². The fraction of sp³-hybridized carbons (Fsp3) is 0.150. The summed E-state index contributed by atoms with van der Waals surface area (Å²) in [6.45, 7) is 0. The van der Waals surface area contributed by atoms with Crippen LogP contribution >= 0.6 is 0 Å². The lowest BCUT2D eigenvalue weighted by Gasteiger charge is -2.05. The van der Waals surface area contributed by atoms with Gasteiger partial charge in [-0.3, -0.25) is 5.43 Å². The molecule has 0 unspecified atom stereocenters. The second-order valence-electron chi connectivity index (χ2n) is 6.16. The number of fused-ring (bicyclic) bond motifs is 3. The number of rotatable bonds is 5. The Kier molecular flexibility index (Phi) is 4.44. The molecule has 0 saturated carbocycles. The van der Waals surface area contributed by atoms with Crippen molar-refractivity contribution in [2.24, 2.45) is 12.1 Å². The van der Waals surface area contributed by atoms with E-state index >= 15 is 0 Å². The van der Waals surface area contributed by atoms with Crippen LogP contribution in [0.15, 0.2) is 47.8 Å². The number of hydrogen-bond donors (Lipinski definition) is 2.